The number of methoxy groups -OCH3 is 2. The van der Waals surface area contributed by atoms with Crippen molar-refractivity contribution < 1.29 is 14.6 Å². The van der Waals surface area contributed by atoms with E-state index in [1.165, 1.54) is 14.2 Å². The van der Waals surface area contributed by atoms with E-state index in [4.69, 9.17) is 14.7 Å². The van der Waals surface area contributed by atoms with Crippen LogP contribution in [-0.4, -0.2) is 31.2 Å². The molecule has 0 radical (unpaired) electrons. The van der Waals surface area contributed by atoms with E-state index in [2.05, 4.69) is 6.07 Å². The zero-order valence-electron chi connectivity index (χ0n) is 9.50. The number of rotatable bonds is 5. The van der Waals surface area contributed by atoms with Crippen molar-refractivity contribution >= 4 is 0 Å². The minimum atomic E-state index is -1.33. The molecule has 0 saturated carbocycles. The van der Waals surface area contributed by atoms with Crippen molar-refractivity contribution in [2.75, 3.05) is 14.2 Å². The standard InChI is InChI=1S/C10H19NO3/c1-6-9(2,7-11)10(3,12)8(13-4)14-5/h8,12H,6H2,1-5H3. The molecule has 4 heteroatoms. The van der Waals surface area contributed by atoms with E-state index in [-0.39, 0.29) is 0 Å². The molecule has 0 aromatic heterocycles. The molecule has 82 valence electrons. The van der Waals surface area contributed by atoms with Crippen molar-refractivity contribution in [3.63, 3.8) is 0 Å². The molecule has 0 aromatic carbocycles. The van der Waals surface area contributed by atoms with Gasteiger partial charge in [0.05, 0.1) is 11.5 Å². The molecule has 0 rings (SSSR count). The fourth-order valence-electron chi connectivity index (χ4n) is 1.37. The molecule has 2 unspecified atom stereocenters. The van der Waals surface area contributed by atoms with Crippen LogP contribution in [-0.2, 0) is 9.47 Å². The largest absolute Gasteiger partial charge is 0.383 e. The molecule has 0 spiro atoms. The third-order valence-electron chi connectivity index (χ3n) is 2.96. The molecule has 0 bridgehead atoms. The van der Waals surface area contributed by atoms with E-state index in [9.17, 15) is 5.11 Å². The minimum absolute atomic E-state index is 0.528. The zero-order chi connectivity index (χ0) is 11.4. The maximum Gasteiger partial charge on any atom is 0.186 e. The molecule has 2 atom stereocenters. The average Bonchev–Trinajstić information content (AvgIpc) is 2.17. The predicted molar refractivity (Wildman–Crippen MR) is 52.4 cm³/mol. The number of nitriles is 1. The molecule has 0 aromatic rings. The van der Waals surface area contributed by atoms with E-state index in [1.54, 1.807) is 13.8 Å². The Balaban J connectivity index is 5.00. The zero-order valence-corrected chi connectivity index (χ0v) is 9.50. The Bertz CT molecular complexity index is 218. The van der Waals surface area contributed by atoms with Gasteiger partial charge in [0.2, 0.25) is 0 Å². The highest BCUT2D eigenvalue weighted by atomic mass is 16.7. The van der Waals surface area contributed by atoms with Crippen molar-refractivity contribution in [3.8, 4) is 6.07 Å². The van der Waals surface area contributed by atoms with E-state index in [0.29, 0.717) is 6.42 Å². The summed E-state index contributed by atoms with van der Waals surface area (Å²) in [4.78, 5) is 0. The lowest BCUT2D eigenvalue weighted by Crippen LogP contribution is -2.53. The summed E-state index contributed by atoms with van der Waals surface area (Å²) in [5.74, 6) is 0. The first kappa shape index (κ1) is 13.4. The van der Waals surface area contributed by atoms with Gasteiger partial charge >= 0.3 is 0 Å². The molecule has 0 aliphatic carbocycles. The molecule has 0 aliphatic heterocycles. The molecule has 0 aliphatic rings. The molecular weight excluding hydrogens is 182 g/mol. The Labute approximate surface area is 85.4 Å². The van der Waals surface area contributed by atoms with Gasteiger partial charge in [0.25, 0.3) is 0 Å². The highest BCUT2D eigenvalue weighted by Gasteiger charge is 2.49. The van der Waals surface area contributed by atoms with E-state index in [1.807, 2.05) is 6.92 Å². The highest BCUT2D eigenvalue weighted by Crippen LogP contribution is 2.37. The van der Waals surface area contributed by atoms with E-state index in [0.717, 1.165) is 0 Å². The Kier molecular flexibility index (Phi) is 4.53. The van der Waals surface area contributed by atoms with Crippen LogP contribution in [0.3, 0.4) is 0 Å². The summed E-state index contributed by atoms with van der Waals surface area (Å²) >= 11 is 0. The van der Waals surface area contributed by atoms with Crippen LogP contribution in [0.15, 0.2) is 0 Å². The van der Waals surface area contributed by atoms with E-state index >= 15 is 0 Å². The second-order valence-electron chi connectivity index (χ2n) is 3.75. The van der Waals surface area contributed by atoms with Gasteiger partial charge in [0.15, 0.2) is 6.29 Å². The Morgan fingerprint density at radius 2 is 1.79 bits per heavy atom. The highest BCUT2D eigenvalue weighted by molar-refractivity contribution is 5.08. The first-order valence-electron chi connectivity index (χ1n) is 4.58. The van der Waals surface area contributed by atoms with Gasteiger partial charge in [-0.05, 0) is 20.3 Å². The van der Waals surface area contributed by atoms with Gasteiger partial charge in [-0.2, -0.15) is 5.26 Å². The van der Waals surface area contributed by atoms with Crippen LogP contribution in [0.2, 0.25) is 0 Å². The summed E-state index contributed by atoms with van der Waals surface area (Å²) in [5, 5.41) is 19.3. The first-order valence-corrected chi connectivity index (χ1v) is 4.58. The Hall–Kier alpha value is -0.630. The van der Waals surface area contributed by atoms with Crippen LogP contribution in [0.5, 0.6) is 0 Å². The van der Waals surface area contributed by atoms with Gasteiger partial charge in [-0.1, -0.05) is 6.92 Å². The number of aliphatic hydroxyl groups is 1. The van der Waals surface area contributed by atoms with Crippen LogP contribution in [0.25, 0.3) is 0 Å². The molecule has 4 nitrogen and oxygen atoms in total. The lowest BCUT2D eigenvalue weighted by molar-refractivity contribution is -0.238. The van der Waals surface area contributed by atoms with Crippen molar-refractivity contribution in [2.24, 2.45) is 5.41 Å². The number of nitrogens with zero attached hydrogens (tertiary/aromatic N) is 1. The van der Waals surface area contributed by atoms with E-state index < -0.39 is 17.3 Å². The van der Waals surface area contributed by atoms with Crippen molar-refractivity contribution in [1.82, 2.24) is 0 Å². The molecule has 0 saturated heterocycles. The third-order valence-corrected chi connectivity index (χ3v) is 2.96. The summed E-state index contributed by atoms with van der Waals surface area (Å²) in [6, 6.07) is 2.11. The normalized spacial score (nSPS) is 19.9. The second kappa shape index (κ2) is 4.74. The monoisotopic (exact) mass is 201 g/mol. The summed E-state index contributed by atoms with van der Waals surface area (Å²) in [5.41, 5.74) is -2.22. The second-order valence-corrected chi connectivity index (χ2v) is 3.75. The Morgan fingerprint density at radius 1 is 1.36 bits per heavy atom. The van der Waals surface area contributed by atoms with Gasteiger partial charge in [0.1, 0.15) is 5.60 Å². The summed E-state index contributed by atoms with van der Waals surface area (Å²) in [6.07, 6.45) is -0.271. The molecule has 14 heavy (non-hydrogen) atoms. The van der Waals surface area contributed by atoms with Gasteiger partial charge in [-0.15, -0.1) is 0 Å². The summed E-state index contributed by atoms with van der Waals surface area (Å²) in [7, 11) is 2.88. The summed E-state index contributed by atoms with van der Waals surface area (Å²) in [6.45, 7) is 5.09. The van der Waals surface area contributed by atoms with Gasteiger partial charge < -0.3 is 14.6 Å². The smallest absolute Gasteiger partial charge is 0.186 e. The van der Waals surface area contributed by atoms with Gasteiger partial charge in [-0.25, -0.2) is 0 Å². The molecule has 0 fully saturated rings. The maximum absolute atomic E-state index is 10.2. The number of hydrogen-bond acceptors (Lipinski definition) is 4. The lowest BCUT2D eigenvalue weighted by Gasteiger charge is -2.40. The van der Waals surface area contributed by atoms with Crippen LogP contribution in [0.4, 0.5) is 0 Å². The number of hydrogen-bond donors (Lipinski definition) is 1. The van der Waals surface area contributed by atoms with Crippen LogP contribution in [0, 0.1) is 16.7 Å². The number of ether oxygens (including phenoxy) is 2. The molecule has 0 amide bonds. The predicted octanol–water partition coefficient (Wildman–Crippen LogP) is 1.30. The van der Waals surface area contributed by atoms with Crippen LogP contribution < -0.4 is 0 Å². The van der Waals surface area contributed by atoms with Crippen LogP contribution in [0.1, 0.15) is 27.2 Å². The van der Waals surface area contributed by atoms with Gasteiger partial charge in [0, 0.05) is 14.2 Å². The molecular formula is C10H19NO3. The fraction of sp³-hybridized carbons (Fsp3) is 0.900. The van der Waals surface area contributed by atoms with Crippen molar-refractivity contribution in [1.29, 1.82) is 5.26 Å². The topological polar surface area (TPSA) is 62.5 Å². The lowest BCUT2D eigenvalue weighted by atomic mass is 9.73. The third kappa shape index (κ3) is 2.06. The Morgan fingerprint density at radius 3 is 2.00 bits per heavy atom. The summed E-state index contributed by atoms with van der Waals surface area (Å²) < 4.78 is 9.98. The van der Waals surface area contributed by atoms with Crippen molar-refractivity contribution in [3.05, 3.63) is 0 Å². The minimum Gasteiger partial charge on any atom is -0.383 e. The maximum atomic E-state index is 10.2. The molecule has 0 heterocycles. The van der Waals surface area contributed by atoms with Gasteiger partial charge in [-0.3, -0.25) is 0 Å². The SMILES string of the molecule is CCC(C)(C#N)C(C)(O)C(OC)OC. The quantitative estimate of drug-likeness (QED) is 0.681. The average molecular weight is 201 g/mol. The fourth-order valence-corrected chi connectivity index (χ4v) is 1.37. The van der Waals surface area contributed by atoms with Crippen molar-refractivity contribution in [2.45, 2.75) is 39.1 Å². The van der Waals surface area contributed by atoms with Crippen LogP contribution >= 0.6 is 0 Å². The molecule has 1 N–H and O–H groups in total. The first-order chi connectivity index (χ1) is 6.39.